The van der Waals surface area contributed by atoms with E-state index in [-0.39, 0.29) is 11.9 Å². The number of nitrogens with zero attached hydrogens (tertiary/aromatic N) is 1. The van der Waals surface area contributed by atoms with Crippen molar-refractivity contribution in [3.63, 3.8) is 0 Å². The fourth-order valence-corrected chi connectivity index (χ4v) is 1.72. The van der Waals surface area contributed by atoms with E-state index in [0.717, 1.165) is 5.01 Å². The van der Waals surface area contributed by atoms with Crippen LogP contribution >= 0.6 is 11.3 Å². The third-order valence-electron chi connectivity index (χ3n) is 1.43. The first-order chi connectivity index (χ1) is 5.59. The Hall–Kier alpha value is -0.900. The minimum atomic E-state index is -0.0182. The van der Waals surface area contributed by atoms with Gasteiger partial charge in [0, 0.05) is 18.0 Å². The van der Waals surface area contributed by atoms with E-state index in [1.165, 1.54) is 11.8 Å². The highest BCUT2D eigenvalue weighted by Crippen LogP contribution is 2.18. The fourth-order valence-electron chi connectivity index (χ4n) is 0.939. The van der Waals surface area contributed by atoms with Crippen LogP contribution in [-0.2, 0) is 4.79 Å². The second-order valence-corrected chi connectivity index (χ2v) is 4.00. The van der Waals surface area contributed by atoms with E-state index in [1.807, 2.05) is 20.0 Å². The van der Waals surface area contributed by atoms with Crippen molar-refractivity contribution in [3.8, 4) is 0 Å². The van der Waals surface area contributed by atoms with Gasteiger partial charge < -0.3 is 5.32 Å². The number of aromatic nitrogens is 1. The summed E-state index contributed by atoms with van der Waals surface area (Å²) in [4.78, 5) is 16.0. The number of thiazole rings is 1. The summed E-state index contributed by atoms with van der Waals surface area (Å²) in [5.41, 5.74) is 0. The minimum absolute atomic E-state index is 0.0182. The molecule has 0 bridgehead atoms. The molecule has 1 aromatic heterocycles. The van der Waals surface area contributed by atoms with Crippen LogP contribution in [0.15, 0.2) is 6.20 Å². The van der Waals surface area contributed by atoms with Crippen LogP contribution in [0.3, 0.4) is 0 Å². The third kappa shape index (κ3) is 2.30. The van der Waals surface area contributed by atoms with Crippen molar-refractivity contribution in [1.82, 2.24) is 10.3 Å². The van der Waals surface area contributed by atoms with Crippen LogP contribution < -0.4 is 5.32 Å². The molecule has 1 heterocycles. The van der Waals surface area contributed by atoms with Gasteiger partial charge in [0.15, 0.2) is 0 Å². The van der Waals surface area contributed by atoms with Gasteiger partial charge >= 0.3 is 0 Å². The number of rotatable bonds is 2. The number of hydrogen-bond acceptors (Lipinski definition) is 3. The quantitative estimate of drug-likeness (QED) is 0.759. The smallest absolute Gasteiger partial charge is 0.217 e. The Kier molecular flexibility index (Phi) is 2.81. The molecule has 0 aliphatic heterocycles. The molecule has 1 rings (SSSR count). The van der Waals surface area contributed by atoms with Crippen LogP contribution in [0.2, 0.25) is 0 Å². The number of nitrogens with one attached hydrogen (secondary N) is 1. The molecule has 0 spiro atoms. The van der Waals surface area contributed by atoms with Crippen molar-refractivity contribution in [3.05, 3.63) is 16.1 Å². The fraction of sp³-hybridized carbons (Fsp3) is 0.500. The molecule has 0 saturated heterocycles. The van der Waals surface area contributed by atoms with E-state index < -0.39 is 0 Å². The van der Waals surface area contributed by atoms with E-state index in [2.05, 4.69) is 10.3 Å². The van der Waals surface area contributed by atoms with Gasteiger partial charge in [-0.3, -0.25) is 4.79 Å². The maximum absolute atomic E-state index is 10.7. The zero-order valence-electron chi connectivity index (χ0n) is 7.42. The summed E-state index contributed by atoms with van der Waals surface area (Å²) in [5, 5.41) is 3.74. The summed E-state index contributed by atoms with van der Waals surface area (Å²) in [6.45, 7) is 5.44. The Labute approximate surface area is 75.8 Å². The molecule has 3 nitrogen and oxygen atoms in total. The molecule has 0 aliphatic carbocycles. The van der Waals surface area contributed by atoms with Gasteiger partial charge in [0.2, 0.25) is 5.91 Å². The monoisotopic (exact) mass is 184 g/mol. The van der Waals surface area contributed by atoms with Crippen molar-refractivity contribution in [1.29, 1.82) is 0 Å². The average molecular weight is 184 g/mol. The van der Waals surface area contributed by atoms with Gasteiger partial charge in [-0.15, -0.1) is 11.3 Å². The van der Waals surface area contributed by atoms with Crippen molar-refractivity contribution < 1.29 is 4.79 Å². The zero-order valence-corrected chi connectivity index (χ0v) is 8.23. The van der Waals surface area contributed by atoms with Crippen LogP contribution in [0.4, 0.5) is 0 Å². The van der Waals surface area contributed by atoms with Crippen molar-refractivity contribution in [2.24, 2.45) is 0 Å². The highest BCUT2D eigenvalue weighted by molar-refractivity contribution is 7.11. The number of carbonyl (C=O) groups excluding carboxylic acids is 1. The van der Waals surface area contributed by atoms with Gasteiger partial charge in [0.1, 0.15) is 5.01 Å². The van der Waals surface area contributed by atoms with Crippen LogP contribution in [0.5, 0.6) is 0 Å². The van der Waals surface area contributed by atoms with Gasteiger partial charge in [-0.1, -0.05) is 0 Å². The summed E-state index contributed by atoms with van der Waals surface area (Å²) < 4.78 is 0. The predicted octanol–water partition coefficient (Wildman–Crippen LogP) is 1.65. The minimum Gasteiger partial charge on any atom is -0.347 e. The molecule has 4 heteroatoms. The number of hydrogen-bond donors (Lipinski definition) is 1. The molecule has 0 aliphatic rings. The first kappa shape index (κ1) is 9.19. The molecular weight excluding hydrogens is 172 g/mol. The van der Waals surface area contributed by atoms with E-state index in [9.17, 15) is 4.79 Å². The van der Waals surface area contributed by atoms with E-state index in [4.69, 9.17) is 0 Å². The third-order valence-corrected chi connectivity index (χ3v) is 2.52. The summed E-state index contributed by atoms with van der Waals surface area (Å²) in [5.74, 6) is -0.0182. The predicted molar refractivity (Wildman–Crippen MR) is 49.1 cm³/mol. The molecular formula is C8H12N2OS. The topological polar surface area (TPSA) is 42.0 Å². The van der Waals surface area contributed by atoms with E-state index in [1.54, 1.807) is 11.3 Å². The van der Waals surface area contributed by atoms with Gasteiger partial charge in [-0.25, -0.2) is 4.98 Å². The Balaban J connectivity index is 2.64. The van der Waals surface area contributed by atoms with Crippen molar-refractivity contribution >= 4 is 17.2 Å². The SMILES string of the molecule is CC(=O)NC(C)c1ncc(C)s1. The largest absolute Gasteiger partial charge is 0.347 e. The molecule has 0 saturated carbocycles. The highest BCUT2D eigenvalue weighted by atomic mass is 32.1. The molecule has 0 aromatic carbocycles. The molecule has 1 unspecified atom stereocenters. The Morgan fingerprint density at radius 2 is 2.42 bits per heavy atom. The molecule has 0 radical (unpaired) electrons. The summed E-state index contributed by atoms with van der Waals surface area (Å²) in [6, 6.07) is 0.0289. The maximum Gasteiger partial charge on any atom is 0.217 e. The highest BCUT2D eigenvalue weighted by Gasteiger charge is 2.09. The molecule has 1 aromatic rings. The number of aryl methyl sites for hydroxylation is 1. The van der Waals surface area contributed by atoms with Crippen LogP contribution in [0.1, 0.15) is 29.8 Å². The lowest BCUT2D eigenvalue weighted by atomic mass is 10.3. The van der Waals surface area contributed by atoms with Crippen LogP contribution in [-0.4, -0.2) is 10.9 Å². The summed E-state index contributed by atoms with van der Waals surface area (Å²) in [7, 11) is 0. The molecule has 66 valence electrons. The molecule has 12 heavy (non-hydrogen) atoms. The van der Waals surface area contributed by atoms with Crippen LogP contribution in [0.25, 0.3) is 0 Å². The second-order valence-electron chi connectivity index (χ2n) is 2.73. The van der Waals surface area contributed by atoms with Crippen LogP contribution in [0, 0.1) is 6.92 Å². The Morgan fingerprint density at radius 3 is 2.83 bits per heavy atom. The molecule has 0 fully saturated rings. The number of amides is 1. The van der Waals surface area contributed by atoms with Crippen molar-refractivity contribution in [2.75, 3.05) is 0 Å². The van der Waals surface area contributed by atoms with Gasteiger partial charge in [-0.2, -0.15) is 0 Å². The first-order valence-corrected chi connectivity index (χ1v) is 4.60. The standard InChI is InChI=1S/C8H12N2OS/c1-5-4-9-8(12-5)6(2)10-7(3)11/h4,6H,1-3H3,(H,10,11). The first-order valence-electron chi connectivity index (χ1n) is 3.79. The normalized spacial score (nSPS) is 12.6. The van der Waals surface area contributed by atoms with Gasteiger partial charge in [-0.05, 0) is 13.8 Å². The lowest BCUT2D eigenvalue weighted by molar-refractivity contribution is -0.119. The van der Waals surface area contributed by atoms with Gasteiger partial charge in [0.25, 0.3) is 0 Å². The van der Waals surface area contributed by atoms with Gasteiger partial charge in [0.05, 0.1) is 6.04 Å². The summed E-state index contributed by atoms with van der Waals surface area (Å²) in [6.07, 6.45) is 1.82. The zero-order chi connectivity index (χ0) is 9.14. The Bertz CT molecular complexity index is 282. The lowest BCUT2D eigenvalue weighted by Crippen LogP contribution is -2.23. The van der Waals surface area contributed by atoms with Crippen molar-refractivity contribution in [2.45, 2.75) is 26.8 Å². The summed E-state index contributed by atoms with van der Waals surface area (Å²) >= 11 is 1.61. The Morgan fingerprint density at radius 1 is 1.75 bits per heavy atom. The maximum atomic E-state index is 10.7. The lowest BCUT2D eigenvalue weighted by Gasteiger charge is -2.07. The average Bonchev–Trinajstić information content (AvgIpc) is 2.34. The molecule has 1 atom stereocenters. The molecule has 1 N–H and O–H groups in total. The van der Waals surface area contributed by atoms with E-state index >= 15 is 0 Å². The van der Waals surface area contributed by atoms with E-state index in [0.29, 0.717) is 0 Å². The number of carbonyl (C=O) groups is 1. The second kappa shape index (κ2) is 3.67. The molecule has 1 amide bonds.